The molecule has 0 saturated heterocycles. The third-order valence-corrected chi connectivity index (χ3v) is 2.82. The molecule has 3 nitrogen and oxygen atoms in total. The molecule has 0 spiro atoms. The molecule has 0 aliphatic heterocycles. The Kier molecular flexibility index (Phi) is 5.11. The van der Waals surface area contributed by atoms with Gasteiger partial charge >= 0.3 is 6.18 Å². The molecule has 114 valence electrons. The Morgan fingerprint density at radius 1 is 1.05 bits per heavy atom. The topological polar surface area (TPSA) is 36.4 Å². The standard InChI is InChI=1S/C15H12F3N3S/c16-15(17,18)12-7-4-8-13(9-12)20-14(22)21-19-10-11-5-2-1-3-6-11/h1-10H,(H2,20,21,22)/b19-10+. The second-order valence-corrected chi connectivity index (χ2v) is 4.72. The Morgan fingerprint density at radius 2 is 1.77 bits per heavy atom. The van der Waals surface area contributed by atoms with Crippen molar-refractivity contribution in [2.45, 2.75) is 6.18 Å². The minimum atomic E-state index is -4.39. The summed E-state index contributed by atoms with van der Waals surface area (Å²) in [5, 5.41) is 6.66. The van der Waals surface area contributed by atoms with Gasteiger partial charge in [-0.25, -0.2) is 0 Å². The van der Waals surface area contributed by atoms with Crippen LogP contribution in [0.25, 0.3) is 0 Å². The van der Waals surface area contributed by atoms with Crippen LogP contribution in [0.3, 0.4) is 0 Å². The molecule has 0 atom stereocenters. The summed E-state index contributed by atoms with van der Waals surface area (Å²) in [7, 11) is 0. The van der Waals surface area contributed by atoms with Crippen molar-refractivity contribution in [1.82, 2.24) is 5.43 Å². The number of hydrogen-bond acceptors (Lipinski definition) is 2. The summed E-state index contributed by atoms with van der Waals surface area (Å²) >= 11 is 4.97. The minimum Gasteiger partial charge on any atom is -0.331 e. The fourth-order valence-electron chi connectivity index (χ4n) is 1.64. The number of rotatable bonds is 3. The largest absolute Gasteiger partial charge is 0.416 e. The van der Waals surface area contributed by atoms with Crippen LogP contribution in [-0.2, 0) is 6.18 Å². The van der Waals surface area contributed by atoms with Crippen LogP contribution in [0.4, 0.5) is 18.9 Å². The van der Waals surface area contributed by atoms with Gasteiger partial charge in [-0.05, 0) is 36.0 Å². The molecular formula is C15H12F3N3S. The Hall–Kier alpha value is -2.41. The lowest BCUT2D eigenvalue weighted by molar-refractivity contribution is -0.137. The predicted molar refractivity (Wildman–Crippen MR) is 84.8 cm³/mol. The summed E-state index contributed by atoms with van der Waals surface area (Å²) in [4.78, 5) is 0. The molecule has 2 rings (SSSR count). The predicted octanol–water partition coefficient (Wildman–Crippen LogP) is 4.03. The van der Waals surface area contributed by atoms with Crippen molar-refractivity contribution < 1.29 is 13.2 Å². The Morgan fingerprint density at radius 3 is 2.45 bits per heavy atom. The molecule has 0 fully saturated rings. The SMILES string of the molecule is FC(F)(F)c1cccc(NC(=S)N/N=C/c2ccccc2)c1. The van der Waals surface area contributed by atoms with E-state index in [1.165, 1.54) is 12.1 Å². The van der Waals surface area contributed by atoms with E-state index in [2.05, 4.69) is 15.8 Å². The summed E-state index contributed by atoms with van der Waals surface area (Å²) in [6, 6.07) is 14.1. The number of nitrogens with zero attached hydrogens (tertiary/aromatic N) is 1. The average molecular weight is 323 g/mol. The molecule has 7 heteroatoms. The van der Waals surface area contributed by atoms with Crippen LogP contribution >= 0.6 is 12.2 Å². The summed E-state index contributed by atoms with van der Waals surface area (Å²) in [6.45, 7) is 0. The highest BCUT2D eigenvalue weighted by atomic mass is 32.1. The summed E-state index contributed by atoms with van der Waals surface area (Å²) in [5.74, 6) is 0. The van der Waals surface area contributed by atoms with Crippen LogP contribution < -0.4 is 10.7 Å². The van der Waals surface area contributed by atoms with Crippen molar-refractivity contribution in [3.63, 3.8) is 0 Å². The van der Waals surface area contributed by atoms with Crippen molar-refractivity contribution >= 4 is 29.2 Å². The van der Waals surface area contributed by atoms with E-state index in [-0.39, 0.29) is 10.8 Å². The number of alkyl halides is 3. The summed E-state index contributed by atoms with van der Waals surface area (Å²) in [6.07, 6.45) is -2.84. The maximum Gasteiger partial charge on any atom is 0.416 e. The Bertz CT molecular complexity index is 669. The van der Waals surface area contributed by atoms with Gasteiger partial charge in [0, 0.05) is 5.69 Å². The van der Waals surface area contributed by atoms with Crippen molar-refractivity contribution in [1.29, 1.82) is 0 Å². The molecule has 0 radical (unpaired) electrons. The van der Waals surface area contributed by atoms with Gasteiger partial charge in [0.1, 0.15) is 0 Å². The van der Waals surface area contributed by atoms with Crippen molar-refractivity contribution in [2.75, 3.05) is 5.32 Å². The van der Waals surface area contributed by atoms with E-state index < -0.39 is 11.7 Å². The fraction of sp³-hybridized carbons (Fsp3) is 0.0667. The van der Waals surface area contributed by atoms with Gasteiger partial charge in [0.2, 0.25) is 0 Å². The molecule has 0 aliphatic rings. The second-order valence-electron chi connectivity index (χ2n) is 4.31. The lowest BCUT2D eigenvalue weighted by Crippen LogP contribution is -2.24. The Labute approximate surface area is 130 Å². The van der Waals surface area contributed by atoms with Crippen LogP contribution in [0.15, 0.2) is 59.7 Å². The number of halogens is 3. The molecule has 0 unspecified atom stereocenters. The maximum atomic E-state index is 12.6. The number of hydrogen-bond donors (Lipinski definition) is 2. The van der Waals surface area contributed by atoms with Crippen LogP contribution in [0, 0.1) is 0 Å². The van der Waals surface area contributed by atoms with Gasteiger partial charge in [0.25, 0.3) is 0 Å². The smallest absolute Gasteiger partial charge is 0.331 e. The first-order valence-electron chi connectivity index (χ1n) is 6.27. The zero-order valence-electron chi connectivity index (χ0n) is 11.3. The molecule has 0 saturated carbocycles. The Balaban J connectivity index is 1.94. The molecule has 0 aromatic heterocycles. The number of benzene rings is 2. The first-order valence-corrected chi connectivity index (χ1v) is 6.68. The van der Waals surface area contributed by atoms with Gasteiger partial charge in [0.05, 0.1) is 11.8 Å². The normalized spacial score (nSPS) is 11.4. The number of thiocarbonyl (C=S) groups is 1. The zero-order chi connectivity index (χ0) is 16.0. The molecule has 0 bridgehead atoms. The highest BCUT2D eigenvalue weighted by molar-refractivity contribution is 7.80. The van der Waals surface area contributed by atoms with Crippen molar-refractivity contribution in [3.05, 3.63) is 65.7 Å². The van der Waals surface area contributed by atoms with E-state index in [0.29, 0.717) is 0 Å². The molecular weight excluding hydrogens is 311 g/mol. The van der Waals surface area contributed by atoms with Crippen molar-refractivity contribution in [2.24, 2.45) is 5.10 Å². The van der Waals surface area contributed by atoms with Crippen LogP contribution in [0.1, 0.15) is 11.1 Å². The quantitative estimate of drug-likeness (QED) is 0.509. The lowest BCUT2D eigenvalue weighted by Gasteiger charge is -2.10. The van der Waals surface area contributed by atoms with E-state index in [0.717, 1.165) is 17.7 Å². The monoisotopic (exact) mass is 323 g/mol. The van der Waals surface area contributed by atoms with E-state index >= 15 is 0 Å². The van der Waals surface area contributed by atoms with Crippen molar-refractivity contribution in [3.8, 4) is 0 Å². The van der Waals surface area contributed by atoms with Gasteiger partial charge in [-0.1, -0.05) is 36.4 Å². The molecule has 22 heavy (non-hydrogen) atoms. The second kappa shape index (κ2) is 7.04. The van der Waals surface area contributed by atoms with E-state index in [1.807, 2.05) is 30.3 Å². The van der Waals surface area contributed by atoms with Gasteiger partial charge in [0.15, 0.2) is 5.11 Å². The third-order valence-electron chi connectivity index (χ3n) is 2.63. The lowest BCUT2D eigenvalue weighted by atomic mass is 10.2. The molecule has 2 N–H and O–H groups in total. The van der Waals surface area contributed by atoms with E-state index in [4.69, 9.17) is 12.2 Å². The van der Waals surface area contributed by atoms with Gasteiger partial charge < -0.3 is 5.32 Å². The van der Waals surface area contributed by atoms with Crippen LogP contribution in [-0.4, -0.2) is 11.3 Å². The van der Waals surface area contributed by atoms with Crippen LogP contribution in [0.2, 0.25) is 0 Å². The molecule has 2 aromatic rings. The molecule has 0 amide bonds. The summed E-state index contributed by atoms with van der Waals surface area (Å²) < 4.78 is 37.8. The molecule has 0 heterocycles. The van der Waals surface area contributed by atoms with Gasteiger partial charge in [-0.15, -0.1) is 0 Å². The highest BCUT2D eigenvalue weighted by Gasteiger charge is 2.30. The number of nitrogens with one attached hydrogen (secondary N) is 2. The first kappa shape index (κ1) is 16.0. The first-order chi connectivity index (χ1) is 10.4. The maximum absolute atomic E-state index is 12.6. The fourth-order valence-corrected chi connectivity index (χ4v) is 1.81. The van der Waals surface area contributed by atoms with E-state index in [9.17, 15) is 13.2 Å². The minimum absolute atomic E-state index is 0.103. The number of hydrazone groups is 1. The van der Waals surface area contributed by atoms with Gasteiger partial charge in [-0.2, -0.15) is 18.3 Å². The van der Waals surface area contributed by atoms with Crippen LogP contribution in [0.5, 0.6) is 0 Å². The third kappa shape index (κ3) is 4.85. The number of anilines is 1. The summed E-state index contributed by atoms with van der Waals surface area (Å²) in [5.41, 5.74) is 2.91. The van der Waals surface area contributed by atoms with Gasteiger partial charge in [-0.3, -0.25) is 5.43 Å². The molecule has 0 aliphatic carbocycles. The zero-order valence-corrected chi connectivity index (χ0v) is 12.1. The van der Waals surface area contributed by atoms with E-state index in [1.54, 1.807) is 6.21 Å². The molecule has 2 aromatic carbocycles. The average Bonchev–Trinajstić information content (AvgIpc) is 2.48. The highest BCUT2D eigenvalue weighted by Crippen LogP contribution is 2.30.